The highest BCUT2D eigenvalue weighted by molar-refractivity contribution is 7.98. The second-order valence-corrected chi connectivity index (χ2v) is 4.73. The van der Waals surface area contributed by atoms with Crippen molar-refractivity contribution in [3.05, 3.63) is 23.2 Å². The van der Waals surface area contributed by atoms with E-state index in [-0.39, 0.29) is 11.8 Å². The molecule has 0 aromatic heterocycles. The van der Waals surface area contributed by atoms with Gasteiger partial charge in [-0.15, -0.1) is 11.8 Å². The van der Waals surface area contributed by atoms with Crippen LogP contribution >= 0.6 is 23.4 Å². The van der Waals surface area contributed by atoms with Crippen molar-refractivity contribution in [2.75, 3.05) is 18.1 Å². The van der Waals surface area contributed by atoms with E-state index >= 15 is 0 Å². The summed E-state index contributed by atoms with van der Waals surface area (Å²) in [6.07, 6.45) is 1.95. The molecular formula is C11H15ClN2OS. The fraction of sp³-hybridized carbons (Fsp3) is 0.364. The van der Waals surface area contributed by atoms with Gasteiger partial charge in [0.05, 0.1) is 5.02 Å². The molecule has 1 aromatic rings. The fourth-order valence-electron chi connectivity index (χ4n) is 1.12. The molecular weight excluding hydrogens is 244 g/mol. The van der Waals surface area contributed by atoms with Gasteiger partial charge in [-0.05, 0) is 24.5 Å². The Morgan fingerprint density at radius 2 is 2.31 bits per heavy atom. The lowest BCUT2D eigenvalue weighted by atomic mass is 10.1. The Balaban J connectivity index is 2.75. The van der Waals surface area contributed by atoms with E-state index in [9.17, 15) is 4.79 Å². The van der Waals surface area contributed by atoms with Crippen molar-refractivity contribution in [2.45, 2.75) is 11.8 Å². The van der Waals surface area contributed by atoms with E-state index in [0.717, 1.165) is 4.90 Å². The zero-order valence-corrected chi connectivity index (χ0v) is 10.9. The number of hydrogen-bond acceptors (Lipinski definition) is 3. The molecule has 1 atom stereocenters. The Kier molecular flexibility index (Phi) is 5.12. The van der Waals surface area contributed by atoms with Crippen LogP contribution in [-0.4, -0.2) is 18.7 Å². The van der Waals surface area contributed by atoms with Crippen LogP contribution in [0.5, 0.6) is 0 Å². The van der Waals surface area contributed by atoms with Gasteiger partial charge in [0.25, 0.3) is 0 Å². The van der Waals surface area contributed by atoms with Gasteiger partial charge in [-0.1, -0.05) is 18.5 Å². The van der Waals surface area contributed by atoms with Crippen LogP contribution in [0.15, 0.2) is 23.1 Å². The molecule has 0 fully saturated rings. The molecule has 1 unspecified atom stereocenters. The van der Waals surface area contributed by atoms with Crippen LogP contribution in [0, 0.1) is 5.92 Å². The summed E-state index contributed by atoms with van der Waals surface area (Å²) in [5.41, 5.74) is 6.11. The Morgan fingerprint density at radius 3 is 2.81 bits per heavy atom. The molecule has 1 amide bonds. The second-order valence-electron chi connectivity index (χ2n) is 3.48. The molecule has 3 nitrogen and oxygen atoms in total. The molecule has 0 aliphatic carbocycles. The minimum atomic E-state index is -0.195. The number of rotatable bonds is 4. The molecule has 1 aromatic carbocycles. The average Bonchev–Trinajstić information content (AvgIpc) is 2.28. The first-order chi connectivity index (χ1) is 7.58. The number of benzene rings is 1. The summed E-state index contributed by atoms with van der Waals surface area (Å²) in [6.45, 7) is 2.12. The third-order valence-electron chi connectivity index (χ3n) is 2.22. The number of nitrogens with two attached hydrogens (primary N) is 1. The standard InChI is InChI=1S/C11H15ClN2OS/c1-7(6-13)11(15)14-8-3-4-10(16-2)9(12)5-8/h3-5,7H,6,13H2,1-2H3,(H,14,15). The van der Waals surface area contributed by atoms with Gasteiger partial charge in [-0.25, -0.2) is 0 Å². The van der Waals surface area contributed by atoms with Gasteiger partial charge in [-0.2, -0.15) is 0 Å². The summed E-state index contributed by atoms with van der Waals surface area (Å²) in [6, 6.07) is 5.46. The van der Waals surface area contributed by atoms with Crippen molar-refractivity contribution in [3.8, 4) is 0 Å². The summed E-state index contributed by atoms with van der Waals surface area (Å²) in [5, 5.41) is 3.42. The lowest BCUT2D eigenvalue weighted by Gasteiger charge is -2.10. The topological polar surface area (TPSA) is 55.1 Å². The van der Waals surface area contributed by atoms with Gasteiger partial charge in [0.2, 0.25) is 5.91 Å². The van der Waals surface area contributed by atoms with Crippen LogP contribution in [0.25, 0.3) is 0 Å². The monoisotopic (exact) mass is 258 g/mol. The molecule has 5 heteroatoms. The van der Waals surface area contributed by atoms with Crippen LogP contribution in [0.2, 0.25) is 5.02 Å². The number of amides is 1. The molecule has 0 aliphatic rings. The van der Waals surface area contributed by atoms with E-state index in [1.807, 2.05) is 18.4 Å². The molecule has 0 saturated carbocycles. The maximum absolute atomic E-state index is 11.6. The molecule has 1 rings (SSSR count). The Morgan fingerprint density at radius 1 is 1.62 bits per heavy atom. The number of thioether (sulfide) groups is 1. The zero-order valence-electron chi connectivity index (χ0n) is 9.29. The van der Waals surface area contributed by atoms with E-state index < -0.39 is 0 Å². The summed E-state index contributed by atoms with van der Waals surface area (Å²) in [4.78, 5) is 12.6. The third-order valence-corrected chi connectivity index (χ3v) is 3.44. The van der Waals surface area contributed by atoms with Gasteiger partial charge < -0.3 is 11.1 Å². The Bertz CT molecular complexity index is 384. The van der Waals surface area contributed by atoms with E-state index in [0.29, 0.717) is 17.3 Å². The number of hydrogen-bond donors (Lipinski definition) is 2. The Hall–Kier alpha value is -0.710. The normalized spacial score (nSPS) is 12.2. The van der Waals surface area contributed by atoms with Crippen LogP contribution in [0.3, 0.4) is 0 Å². The van der Waals surface area contributed by atoms with Crippen molar-refractivity contribution in [1.82, 2.24) is 0 Å². The van der Waals surface area contributed by atoms with Gasteiger partial charge in [0.1, 0.15) is 0 Å². The van der Waals surface area contributed by atoms with Gasteiger partial charge in [0.15, 0.2) is 0 Å². The van der Waals surface area contributed by atoms with Crippen molar-refractivity contribution >= 4 is 35.0 Å². The molecule has 0 spiro atoms. The molecule has 0 aliphatic heterocycles. The summed E-state index contributed by atoms with van der Waals surface area (Å²) in [7, 11) is 0. The van der Waals surface area contributed by atoms with Crippen molar-refractivity contribution < 1.29 is 4.79 Å². The smallest absolute Gasteiger partial charge is 0.228 e. The molecule has 0 radical (unpaired) electrons. The maximum atomic E-state index is 11.6. The van der Waals surface area contributed by atoms with Crippen molar-refractivity contribution in [3.63, 3.8) is 0 Å². The predicted octanol–water partition coefficient (Wildman–Crippen LogP) is 2.60. The van der Waals surface area contributed by atoms with Crippen LogP contribution < -0.4 is 11.1 Å². The molecule has 0 bridgehead atoms. The van der Waals surface area contributed by atoms with Crippen LogP contribution in [0.4, 0.5) is 5.69 Å². The average molecular weight is 259 g/mol. The van der Waals surface area contributed by atoms with Crippen molar-refractivity contribution in [2.24, 2.45) is 11.7 Å². The third kappa shape index (κ3) is 3.40. The summed E-state index contributed by atoms with van der Waals surface area (Å²) in [5.74, 6) is -0.283. The fourth-order valence-corrected chi connectivity index (χ4v) is 1.99. The molecule has 0 heterocycles. The first-order valence-corrected chi connectivity index (χ1v) is 6.53. The number of carbonyl (C=O) groups is 1. The largest absolute Gasteiger partial charge is 0.330 e. The SMILES string of the molecule is CSc1ccc(NC(=O)C(C)CN)cc1Cl. The number of anilines is 1. The number of halogens is 1. The molecule has 16 heavy (non-hydrogen) atoms. The van der Waals surface area contributed by atoms with Gasteiger partial charge >= 0.3 is 0 Å². The number of nitrogens with one attached hydrogen (secondary N) is 1. The second kappa shape index (κ2) is 6.13. The molecule has 0 saturated heterocycles. The van der Waals surface area contributed by atoms with Crippen LogP contribution in [0.1, 0.15) is 6.92 Å². The maximum Gasteiger partial charge on any atom is 0.228 e. The van der Waals surface area contributed by atoms with E-state index in [2.05, 4.69) is 5.32 Å². The minimum absolute atomic E-state index is 0.0875. The highest BCUT2D eigenvalue weighted by Crippen LogP contribution is 2.28. The van der Waals surface area contributed by atoms with Gasteiger partial charge in [0, 0.05) is 23.0 Å². The lowest BCUT2D eigenvalue weighted by Crippen LogP contribution is -2.26. The number of carbonyl (C=O) groups excluding carboxylic acids is 1. The lowest BCUT2D eigenvalue weighted by molar-refractivity contribution is -0.119. The zero-order chi connectivity index (χ0) is 12.1. The van der Waals surface area contributed by atoms with Crippen molar-refractivity contribution in [1.29, 1.82) is 0 Å². The van der Waals surface area contributed by atoms with E-state index in [1.165, 1.54) is 0 Å². The highest BCUT2D eigenvalue weighted by Gasteiger charge is 2.11. The summed E-state index contributed by atoms with van der Waals surface area (Å²) < 4.78 is 0. The Labute approximate surface area is 105 Å². The predicted molar refractivity (Wildman–Crippen MR) is 70.1 cm³/mol. The van der Waals surface area contributed by atoms with Crippen LogP contribution in [-0.2, 0) is 4.79 Å². The van der Waals surface area contributed by atoms with E-state index in [4.69, 9.17) is 17.3 Å². The first-order valence-electron chi connectivity index (χ1n) is 4.93. The highest BCUT2D eigenvalue weighted by atomic mass is 35.5. The molecule has 3 N–H and O–H groups in total. The molecule has 88 valence electrons. The quantitative estimate of drug-likeness (QED) is 0.817. The van der Waals surface area contributed by atoms with E-state index in [1.54, 1.807) is 24.8 Å². The first kappa shape index (κ1) is 13.4. The van der Waals surface area contributed by atoms with Gasteiger partial charge in [-0.3, -0.25) is 4.79 Å². The summed E-state index contributed by atoms with van der Waals surface area (Å²) >= 11 is 7.60. The minimum Gasteiger partial charge on any atom is -0.330 e.